The summed E-state index contributed by atoms with van der Waals surface area (Å²) in [5.41, 5.74) is 0. The van der Waals surface area contributed by atoms with E-state index in [1.165, 1.54) is 77.0 Å². The molecule has 6 nitrogen and oxygen atoms in total. The minimum Gasteiger partial charge on any atom is -0.462 e. The average molecular weight is 903 g/mol. The highest BCUT2D eigenvalue weighted by atomic mass is 16.6. The van der Waals surface area contributed by atoms with Gasteiger partial charge in [0.05, 0.1) is 0 Å². The Hall–Kier alpha value is -3.67. The van der Waals surface area contributed by atoms with E-state index in [-0.39, 0.29) is 31.1 Å². The zero-order chi connectivity index (χ0) is 47.2. The molecule has 0 aliphatic heterocycles. The van der Waals surface area contributed by atoms with Crippen molar-refractivity contribution in [1.82, 2.24) is 0 Å². The van der Waals surface area contributed by atoms with Gasteiger partial charge >= 0.3 is 17.9 Å². The van der Waals surface area contributed by atoms with E-state index in [2.05, 4.69) is 99.8 Å². The number of carbonyl (C=O) groups excluding carboxylic acids is 3. The van der Waals surface area contributed by atoms with Crippen molar-refractivity contribution in [2.45, 2.75) is 245 Å². The molecule has 1 atom stereocenters. The first-order chi connectivity index (χ1) is 32.0. The van der Waals surface area contributed by atoms with Crippen LogP contribution in [0.5, 0.6) is 0 Å². The fraction of sp³-hybridized carbons (Fsp3) is 0.678. The third-order valence-electron chi connectivity index (χ3n) is 11.1. The lowest BCUT2D eigenvalue weighted by Gasteiger charge is -2.18. The second-order valence-corrected chi connectivity index (χ2v) is 17.5. The molecule has 0 aromatic rings. The predicted molar refractivity (Wildman–Crippen MR) is 279 cm³/mol. The normalized spacial score (nSPS) is 12.8. The molecule has 0 saturated carbocycles. The number of ether oxygens (including phenoxy) is 3. The summed E-state index contributed by atoms with van der Waals surface area (Å²) in [4.78, 5) is 38.1. The summed E-state index contributed by atoms with van der Waals surface area (Å²) in [5.74, 6) is -0.941. The highest BCUT2D eigenvalue weighted by molar-refractivity contribution is 5.71. The number of rotatable bonds is 47. The maximum atomic E-state index is 12.8. The summed E-state index contributed by atoms with van der Waals surface area (Å²) in [6.07, 6.45) is 69.6. The summed E-state index contributed by atoms with van der Waals surface area (Å²) in [5, 5.41) is 0. The number of carbonyl (C=O) groups is 3. The quantitative estimate of drug-likeness (QED) is 0.0199. The number of unbranched alkanes of at least 4 members (excludes halogenated alkanes) is 23. The molecule has 0 aliphatic carbocycles. The molecule has 6 heteroatoms. The summed E-state index contributed by atoms with van der Waals surface area (Å²) in [6, 6.07) is 0. The van der Waals surface area contributed by atoms with Gasteiger partial charge in [-0.05, 0) is 96.3 Å². The van der Waals surface area contributed by atoms with Crippen LogP contribution in [0, 0.1) is 0 Å². The van der Waals surface area contributed by atoms with Crippen LogP contribution in [0.25, 0.3) is 0 Å². The smallest absolute Gasteiger partial charge is 0.306 e. The third-order valence-corrected chi connectivity index (χ3v) is 11.1. The van der Waals surface area contributed by atoms with Crippen LogP contribution < -0.4 is 0 Å². The Labute approximate surface area is 400 Å². The number of allylic oxidation sites excluding steroid dienone is 16. The average Bonchev–Trinajstić information content (AvgIpc) is 3.30. The van der Waals surface area contributed by atoms with Gasteiger partial charge in [0, 0.05) is 19.3 Å². The Kier molecular flexibility index (Phi) is 50.0. The molecular weight excluding hydrogens is 805 g/mol. The third kappa shape index (κ3) is 51.2. The molecule has 0 spiro atoms. The van der Waals surface area contributed by atoms with Crippen molar-refractivity contribution in [2.75, 3.05) is 13.2 Å². The zero-order valence-electron chi connectivity index (χ0n) is 42.2. The highest BCUT2D eigenvalue weighted by Crippen LogP contribution is 2.14. The molecule has 1 unspecified atom stereocenters. The molecule has 0 aliphatic rings. The van der Waals surface area contributed by atoms with Gasteiger partial charge in [-0.2, -0.15) is 0 Å². The highest BCUT2D eigenvalue weighted by Gasteiger charge is 2.19. The van der Waals surface area contributed by atoms with Gasteiger partial charge in [-0.1, -0.05) is 221 Å². The summed E-state index contributed by atoms with van der Waals surface area (Å²) < 4.78 is 16.8. The first-order valence-electron chi connectivity index (χ1n) is 26.8. The summed E-state index contributed by atoms with van der Waals surface area (Å²) in [6.45, 7) is 6.35. The molecule has 0 radical (unpaired) electrons. The van der Waals surface area contributed by atoms with Crippen LogP contribution in [0.2, 0.25) is 0 Å². The van der Waals surface area contributed by atoms with E-state index in [0.29, 0.717) is 19.3 Å². The van der Waals surface area contributed by atoms with Crippen molar-refractivity contribution in [3.05, 3.63) is 97.2 Å². The van der Waals surface area contributed by atoms with Crippen LogP contribution in [-0.4, -0.2) is 37.2 Å². The zero-order valence-corrected chi connectivity index (χ0v) is 42.2. The van der Waals surface area contributed by atoms with Gasteiger partial charge in [0.2, 0.25) is 0 Å². The Morgan fingerprint density at radius 2 is 0.677 bits per heavy atom. The molecule has 0 amide bonds. The van der Waals surface area contributed by atoms with Gasteiger partial charge in [0.1, 0.15) is 13.2 Å². The second-order valence-electron chi connectivity index (χ2n) is 17.5. The molecule has 0 aromatic heterocycles. The van der Waals surface area contributed by atoms with Crippen molar-refractivity contribution >= 4 is 17.9 Å². The van der Waals surface area contributed by atoms with Crippen LogP contribution in [0.3, 0.4) is 0 Å². The van der Waals surface area contributed by atoms with Crippen LogP contribution >= 0.6 is 0 Å². The fourth-order valence-electron chi connectivity index (χ4n) is 7.17. The maximum absolute atomic E-state index is 12.8. The first kappa shape index (κ1) is 61.3. The minimum atomic E-state index is -0.798. The van der Waals surface area contributed by atoms with Gasteiger partial charge in [-0.15, -0.1) is 0 Å². The lowest BCUT2D eigenvalue weighted by Crippen LogP contribution is -2.30. The van der Waals surface area contributed by atoms with Crippen LogP contribution in [0.4, 0.5) is 0 Å². The molecule has 0 rings (SSSR count). The monoisotopic (exact) mass is 903 g/mol. The predicted octanol–water partition coefficient (Wildman–Crippen LogP) is 17.8. The molecular formula is C59H98O6. The Morgan fingerprint density at radius 1 is 0.338 bits per heavy atom. The molecule has 0 fully saturated rings. The largest absolute Gasteiger partial charge is 0.462 e. The van der Waals surface area contributed by atoms with E-state index in [1.807, 2.05) is 18.2 Å². The Bertz CT molecular complexity index is 1310. The Morgan fingerprint density at radius 3 is 1.14 bits per heavy atom. The Balaban J connectivity index is 4.47. The molecule has 0 aromatic carbocycles. The van der Waals surface area contributed by atoms with Crippen molar-refractivity contribution in [3.8, 4) is 0 Å². The standard InChI is InChI=1S/C59H98O6/c1-4-7-10-13-16-19-22-25-28-31-34-37-40-43-46-49-52-58(61)64-55-56(54-63-57(60)51-48-45-42-39-36-33-30-27-24-21-18-15-12-9-6-3)65-59(62)53-50-47-44-41-38-35-32-29-26-23-20-17-14-11-8-5-2/h7,9-10,12,15-16,18-19,21,24-25,27-30,32,56H,4-6,8,11,13-14,17,20,22-23,26,31,33-55H2,1-3H3/b10-7-,12-9-,18-15-,19-16-,24-21-,28-25-,30-27-,32-29-. The lowest BCUT2D eigenvalue weighted by molar-refractivity contribution is -0.167. The molecule has 0 heterocycles. The maximum Gasteiger partial charge on any atom is 0.306 e. The van der Waals surface area contributed by atoms with E-state index in [9.17, 15) is 14.4 Å². The van der Waals surface area contributed by atoms with Gasteiger partial charge in [0.15, 0.2) is 6.10 Å². The second kappa shape index (κ2) is 52.9. The molecule has 0 saturated heterocycles. The van der Waals surface area contributed by atoms with Crippen LogP contribution in [0.1, 0.15) is 239 Å². The number of hydrogen-bond acceptors (Lipinski definition) is 6. The molecule has 65 heavy (non-hydrogen) atoms. The van der Waals surface area contributed by atoms with Crippen molar-refractivity contribution in [2.24, 2.45) is 0 Å². The molecule has 0 N–H and O–H groups in total. The van der Waals surface area contributed by atoms with E-state index in [4.69, 9.17) is 14.2 Å². The summed E-state index contributed by atoms with van der Waals surface area (Å²) in [7, 11) is 0. The van der Waals surface area contributed by atoms with Gasteiger partial charge in [-0.3, -0.25) is 14.4 Å². The molecule has 370 valence electrons. The van der Waals surface area contributed by atoms with Gasteiger partial charge in [0.25, 0.3) is 0 Å². The van der Waals surface area contributed by atoms with Crippen molar-refractivity contribution < 1.29 is 28.6 Å². The minimum absolute atomic E-state index is 0.0964. The van der Waals surface area contributed by atoms with Crippen LogP contribution in [-0.2, 0) is 28.6 Å². The van der Waals surface area contributed by atoms with E-state index in [0.717, 1.165) is 122 Å². The summed E-state index contributed by atoms with van der Waals surface area (Å²) >= 11 is 0. The van der Waals surface area contributed by atoms with E-state index >= 15 is 0 Å². The van der Waals surface area contributed by atoms with Gasteiger partial charge < -0.3 is 14.2 Å². The van der Waals surface area contributed by atoms with Crippen molar-refractivity contribution in [3.63, 3.8) is 0 Å². The van der Waals surface area contributed by atoms with Gasteiger partial charge in [-0.25, -0.2) is 0 Å². The number of esters is 3. The SMILES string of the molecule is CC\C=C/C=C\C=C/C=C\CCCCCCCC(=O)OCC(COC(=O)CCCCCCCC/C=C\C/C=C\C/C=C\CC)OC(=O)CCCCCCC/C=C\CCCCCCCCC. The van der Waals surface area contributed by atoms with Crippen LogP contribution in [0.15, 0.2) is 97.2 Å². The first-order valence-corrected chi connectivity index (χ1v) is 26.8. The fourth-order valence-corrected chi connectivity index (χ4v) is 7.17. The van der Waals surface area contributed by atoms with Crippen molar-refractivity contribution in [1.29, 1.82) is 0 Å². The number of hydrogen-bond donors (Lipinski definition) is 0. The topological polar surface area (TPSA) is 78.9 Å². The van der Waals surface area contributed by atoms with E-state index < -0.39 is 6.10 Å². The molecule has 0 bridgehead atoms. The lowest BCUT2D eigenvalue weighted by atomic mass is 10.1. The van der Waals surface area contributed by atoms with E-state index in [1.54, 1.807) is 0 Å².